The zero-order valence-corrected chi connectivity index (χ0v) is 11.6. The molecule has 2 unspecified atom stereocenters. The van der Waals surface area contributed by atoms with Crippen LogP contribution >= 0.6 is 0 Å². The molecule has 4 nitrogen and oxygen atoms in total. The lowest BCUT2D eigenvalue weighted by atomic mass is 10.1. The van der Waals surface area contributed by atoms with Gasteiger partial charge in [-0.25, -0.2) is 0 Å². The minimum absolute atomic E-state index is 0.0101. The van der Waals surface area contributed by atoms with Crippen LogP contribution in [0, 0.1) is 0 Å². The van der Waals surface area contributed by atoms with Crippen molar-refractivity contribution in [3.8, 4) is 5.75 Å². The summed E-state index contributed by atoms with van der Waals surface area (Å²) in [5.41, 5.74) is 7.08. The first-order valence-electron chi connectivity index (χ1n) is 6.78. The number of ether oxygens (including phenoxy) is 1. The number of benzene rings is 1. The molecule has 0 aromatic heterocycles. The van der Waals surface area contributed by atoms with Crippen LogP contribution in [0.15, 0.2) is 24.3 Å². The highest BCUT2D eigenvalue weighted by atomic mass is 16.5. The minimum atomic E-state index is 0.0101. The zero-order valence-electron chi connectivity index (χ0n) is 11.6. The van der Waals surface area contributed by atoms with E-state index in [1.807, 2.05) is 17.0 Å². The number of aryl methyl sites for hydroxylation is 1. The van der Waals surface area contributed by atoms with Crippen LogP contribution in [0.5, 0.6) is 5.75 Å². The summed E-state index contributed by atoms with van der Waals surface area (Å²) >= 11 is 0. The van der Waals surface area contributed by atoms with Gasteiger partial charge in [-0.1, -0.05) is 12.1 Å². The quantitative estimate of drug-likeness (QED) is 0.876. The van der Waals surface area contributed by atoms with Crippen molar-refractivity contribution in [3.63, 3.8) is 0 Å². The maximum atomic E-state index is 11.8. The summed E-state index contributed by atoms with van der Waals surface area (Å²) in [6.45, 7) is 2.79. The summed E-state index contributed by atoms with van der Waals surface area (Å²) in [5.74, 6) is 1.06. The molecule has 0 aliphatic carbocycles. The summed E-state index contributed by atoms with van der Waals surface area (Å²) in [5, 5.41) is 0. The smallest absolute Gasteiger partial charge is 0.224 e. The van der Waals surface area contributed by atoms with Crippen molar-refractivity contribution in [2.45, 2.75) is 38.3 Å². The van der Waals surface area contributed by atoms with Gasteiger partial charge in [-0.3, -0.25) is 4.79 Å². The molecule has 1 saturated heterocycles. The maximum absolute atomic E-state index is 11.8. The Morgan fingerprint density at radius 1 is 1.42 bits per heavy atom. The SMILES string of the molecule is COc1ccc(CCC(C)N2CC(N)CC2=O)cc1. The second-order valence-corrected chi connectivity index (χ2v) is 5.25. The highest BCUT2D eigenvalue weighted by Crippen LogP contribution is 2.18. The van der Waals surface area contributed by atoms with Crippen LogP contribution in [-0.2, 0) is 11.2 Å². The van der Waals surface area contributed by atoms with Gasteiger partial charge in [-0.2, -0.15) is 0 Å². The summed E-state index contributed by atoms with van der Waals surface area (Å²) < 4.78 is 5.14. The van der Waals surface area contributed by atoms with E-state index in [4.69, 9.17) is 10.5 Å². The number of rotatable bonds is 5. The van der Waals surface area contributed by atoms with Gasteiger partial charge in [0.05, 0.1) is 7.11 Å². The number of hydrogen-bond acceptors (Lipinski definition) is 3. The van der Waals surface area contributed by atoms with E-state index in [9.17, 15) is 4.79 Å². The fourth-order valence-electron chi connectivity index (χ4n) is 2.51. The van der Waals surface area contributed by atoms with E-state index < -0.39 is 0 Å². The first-order chi connectivity index (χ1) is 9.10. The van der Waals surface area contributed by atoms with Gasteiger partial charge in [-0.15, -0.1) is 0 Å². The second-order valence-electron chi connectivity index (χ2n) is 5.25. The van der Waals surface area contributed by atoms with Crippen molar-refractivity contribution in [1.82, 2.24) is 4.90 Å². The van der Waals surface area contributed by atoms with Crippen LogP contribution in [0.3, 0.4) is 0 Å². The molecule has 1 amide bonds. The van der Waals surface area contributed by atoms with E-state index in [1.165, 1.54) is 5.56 Å². The monoisotopic (exact) mass is 262 g/mol. The Morgan fingerprint density at radius 3 is 2.63 bits per heavy atom. The van der Waals surface area contributed by atoms with E-state index >= 15 is 0 Å². The molecule has 2 N–H and O–H groups in total. The molecule has 0 radical (unpaired) electrons. The van der Waals surface area contributed by atoms with Gasteiger partial charge in [0.1, 0.15) is 5.75 Å². The highest BCUT2D eigenvalue weighted by Gasteiger charge is 2.29. The molecule has 0 bridgehead atoms. The van der Waals surface area contributed by atoms with Gasteiger partial charge in [0.25, 0.3) is 0 Å². The Labute approximate surface area is 114 Å². The maximum Gasteiger partial charge on any atom is 0.224 e. The molecule has 104 valence electrons. The molecule has 0 saturated carbocycles. The molecular weight excluding hydrogens is 240 g/mol. The lowest BCUT2D eigenvalue weighted by Crippen LogP contribution is -2.36. The first-order valence-corrected chi connectivity index (χ1v) is 6.78. The molecule has 1 fully saturated rings. The van der Waals surface area contributed by atoms with Crippen molar-refractivity contribution in [2.24, 2.45) is 5.73 Å². The largest absolute Gasteiger partial charge is 0.497 e. The normalized spacial score (nSPS) is 20.7. The topological polar surface area (TPSA) is 55.6 Å². The number of amides is 1. The summed E-state index contributed by atoms with van der Waals surface area (Å²) in [6.07, 6.45) is 2.42. The number of nitrogens with two attached hydrogens (primary N) is 1. The van der Waals surface area contributed by atoms with Gasteiger partial charge in [0, 0.05) is 25.0 Å². The molecule has 1 aliphatic heterocycles. The first kappa shape index (κ1) is 13.9. The van der Waals surface area contributed by atoms with Gasteiger partial charge in [0.2, 0.25) is 5.91 Å². The minimum Gasteiger partial charge on any atom is -0.497 e. The Kier molecular flexibility index (Phi) is 4.43. The predicted octanol–water partition coefficient (Wildman–Crippen LogP) is 1.58. The number of likely N-dealkylation sites (tertiary alicyclic amines) is 1. The average Bonchev–Trinajstić information content (AvgIpc) is 2.75. The van der Waals surface area contributed by atoms with Crippen molar-refractivity contribution < 1.29 is 9.53 Å². The highest BCUT2D eigenvalue weighted by molar-refractivity contribution is 5.79. The van der Waals surface area contributed by atoms with Crippen LogP contribution < -0.4 is 10.5 Å². The number of carbonyl (C=O) groups excluding carboxylic acids is 1. The lowest BCUT2D eigenvalue weighted by molar-refractivity contribution is -0.129. The molecule has 4 heteroatoms. The molecule has 1 heterocycles. The molecule has 1 aromatic carbocycles. The van der Waals surface area contributed by atoms with E-state index in [0.29, 0.717) is 13.0 Å². The van der Waals surface area contributed by atoms with Gasteiger partial charge >= 0.3 is 0 Å². The molecule has 2 rings (SSSR count). The molecule has 0 spiro atoms. The third kappa shape index (κ3) is 3.47. The fourth-order valence-corrected chi connectivity index (χ4v) is 2.51. The standard InChI is InChI=1S/C15H22N2O2/c1-11(17-10-13(16)9-15(17)18)3-4-12-5-7-14(19-2)8-6-12/h5-8,11,13H,3-4,9-10,16H2,1-2H3. The molecule has 1 aromatic rings. The number of nitrogens with zero attached hydrogens (tertiary/aromatic N) is 1. The third-order valence-electron chi connectivity index (χ3n) is 3.73. The Morgan fingerprint density at radius 2 is 2.11 bits per heavy atom. The van der Waals surface area contributed by atoms with Gasteiger partial charge in [0.15, 0.2) is 0 Å². The van der Waals surface area contributed by atoms with Gasteiger partial charge in [-0.05, 0) is 37.5 Å². The number of hydrogen-bond donors (Lipinski definition) is 1. The molecule has 1 aliphatic rings. The third-order valence-corrected chi connectivity index (χ3v) is 3.73. The van der Waals surface area contributed by atoms with Gasteiger partial charge < -0.3 is 15.4 Å². The van der Waals surface area contributed by atoms with Crippen LogP contribution in [0.2, 0.25) is 0 Å². The lowest BCUT2D eigenvalue weighted by Gasteiger charge is -2.24. The summed E-state index contributed by atoms with van der Waals surface area (Å²) in [7, 11) is 1.67. The zero-order chi connectivity index (χ0) is 13.8. The van der Waals surface area contributed by atoms with Crippen molar-refractivity contribution in [2.75, 3.05) is 13.7 Å². The van der Waals surface area contributed by atoms with Crippen LogP contribution in [0.25, 0.3) is 0 Å². The second kappa shape index (κ2) is 6.06. The molecule has 2 atom stereocenters. The Bertz CT molecular complexity index is 430. The Hall–Kier alpha value is -1.55. The van der Waals surface area contributed by atoms with Crippen LogP contribution in [-0.4, -0.2) is 36.5 Å². The van der Waals surface area contributed by atoms with Crippen LogP contribution in [0.4, 0.5) is 0 Å². The number of carbonyl (C=O) groups is 1. The van der Waals surface area contributed by atoms with E-state index in [1.54, 1.807) is 7.11 Å². The fraction of sp³-hybridized carbons (Fsp3) is 0.533. The average molecular weight is 262 g/mol. The van der Waals surface area contributed by atoms with Crippen molar-refractivity contribution >= 4 is 5.91 Å². The van der Waals surface area contributed by atoms with E-state index in [-0.39, 0.29) is 18.0 Å². The summed E-state index contributed by atoms with van der Waals surface area (Å²) in [4.78, 5) is 13.7. The van der Waals surface area contributed by atoms with Crippen molar-refractivity contribution in [3.05, 3.63) is 29.8 Å². The molecular formula is C15H22N2O2. The predicted molar refractivity (Wildman–Crippen MR) is 75.1 cm³/mol. The van der Waals surface area contributed by atoms with E-state index in [0.717, 1.165) is 18.6 Å². The summed E-state index contributed by atoms with van der Waals surface area (Å²) in [6, 6.07) is 8.35. The Balaban J connectivity index is 1.85. The van der Waals surface area contributed by atoms with Crippen molar-refractivity contribution in [1.29, 1.82) is 0 Å². The van der Waals surface area contributed by atoms with Crippen LogP contribution in [0.1, 0.15) is 25.3 Å². The molecule has 19 heavy (non-hydrogen) atoms. The van der Waals surface area contributed by atoms with E-state index in [2.05, 4.69) is 19.1 Å². The number of methoxy groups -OCH3 is 1.